The Labute approximate surface area is 120 Å². The summed E-state index contributed by atoms with van der Waals surface area (Å²) >= 11 is 0. The number of nitrogen functional groups attached to an aromatic ring is 1. The molecule has 0 aromatic carbocycles. The number of H-pyrrole nitrogens is 1. The molecule has 4 N–H and O–H groups in total. The minimum Gasteiger partial charge on any atom is -0.394 e. The highest BCUT2D eigenvalue weighted by Crippen LogP contribution is 2.32. The van der Waals surface area contributed by atoms with Gasteiger partial charge in [-0.25, -0.2) is 0 Å². The summed E-state index contributed by atoms with van der Waals surface area (Å²) in [5.41, 5.74) is 7.18. The van der Waals surface area contributed by atoms with Crippen molar-refractivity contribution < 1.29 is 4.79 Å². The monoisotopic (exact) mass is 278 g/mol. The lowest BCUT2D eigenvalue weighted by molar-refractivity contribution is -0.121. The topological polar surface area (TPSA) is 83.8 Å². The summed E-state index contributed by atoms with van der Waals surface area (Å²) in [6, 6.07) is 0. The van der Waals surface area contributed by atoms with Gasteiger partial charge in [-0.05, 0) is 38.5 Å². The first-order valence-electron chi connectivity index (χ1n) is 7.73. The highest BCUT2D eigenvalue weighted by atomic mass is 16.2. The second-order valence-electron chi connectivity index (χ2n) is 5.96. The maximum atomic E-state index is 12.2. The van der Waals surface area contributed by atoms with E-state index in [0.717, 1.165) is 24.5 Å². The summed E-state index contributed by atoms with van der Waals surface area (Å²) in [7, 11) is 0. The van der Waals surface area contributed by atoms with Gasteiger partial charge >= 0.3 is 0 Å². The highest BCUT2D eigenvalue weighted by Gasteiger charge is 2.26. The van der Waals surface area contributed by atoms with Crippen LogP contribution in [0.2, 0.25) is 0 Å². The number of nitrogens with one attached hydrogen (secondary N) is 2. The molecule has 1 aliphatic rings. The summed E-state index contributed by atoms with van der Waals surface area (Å²) in [5, 5.41) is 9.66. The van der Waals surface area contributed by atoms with Gasteiger partial charge in [-0.1, -0.05) is 26.2 Å². The molecule has 20 heavy (non-hydrogen) atoms. The number of hydrogen-bond acceptors (Lipinski definition) is 3. The van der Waals surface area contributed by atoms with E-state index in [1.165, 1.54) is 32.1 Å². The third-order valence-electron chi connectivity index (χ3n) is 4.42. The van der Waals surface area contributed by atoms with E-state index in [9.17, 15) is 4.79 Å². The molecule has 0 radical (unpaired) electrons. The van der Waals surface area contributed by atoms with Crippen molar-refractivity contribution in [3.05, 3.63) is 5.69 Å². The molecule has 0 atom stereocenters. The Morgan fingerprint density at radius 3 is 2.65 bits per heavy atom. The molecule has 1 fully saturated rings. The quantitative estimate of drug-likeness (QED) is 0.773. The predicted molar refractivity (Wildman–Crippen MR) is 81.3 cm³/mol. The number of nitrogens with zero attached hydrogens (tertiary/aromatic N) is 1. The molecule has 1 heterocycles. The van der Waals surface area contributed by atoms with Crippen molar-refractivity contribution in [3.63, 3.8) is 0 Å². The Bertz CT molecular complexity index is 447. The predicted octanol–water partition coefficient (Wildman–Crippen LogP) is 3.24. The largest absolute Gasteiger partial charge is 0.394 e. The molecule has 1 aliphatic carbocycles. The van der Waals surface area contributed by atoms with Crippen LogP contribution in [0.3, 0.4) is 0 Å². The molecule has 1 aromatic heterocycles. The summed E-state index contributed by atoms with van der Waals surface area (Å²) < 4.78 is 0. The fourth-order valence-corrected chi connectivity index (χ4v) is 2.96. The van der Waals surface area contributed by atoms with E-state index in [2.05, 4.69) is 22.4 Å². The van der Waals surface area contributed by atoms with Crippen LogP contribution >= 0.6 is 0 Å². The fraction of sp³-hybridized carbons (Fsp3) is 0.733. The lowest BCUT2D eigenvalue weighted by Gasteiger charge is -2.27. The van der Waals surface area contributed by atoms with E-state index in [1.54, 1.807) is 0 Å². The van der Waals surface area contributed by atoms with E-state index in [4.69, 9.17) is 5.73 Å². The maximum Gasteiger partial charge on any atom is 0.228 e. The van der Waals surface area contributed by atoms with Crippen LogP contribution in [0.25, 0.3) is 0 Å². The number of carbonyl (C=O) groups is 1. The average molecular weight is 278 g/mol. The highest BCUT2D eigenvalue weighted by molar-refractivity contribution is 5.94. The van der Waals surface area contributed by atoms with Crippen molar-refractivity contribution in [2.24, 2.45) is 11.8 Å². The molecule has 0 unspecified atom stereocenters. The standard InChI is InChI=1S/C15H26N4O/c1-3-4-5-11-6-8-12(9-7-11)15(20)17-14-13(16)10(2)18-19-14/h11-12H,3-9,16H2,1-2H3,(H2,17,18,19,20). The van der Waals surface area contributed by atoms with Gasteiger partial charge in [0.15, 0.2) is 5.82 Å². The Balaban J connectivity index is 1.81. The Kier molecular flexibility index (Phi) is 5.04. The molecule has 0 aliphatic heterocycles. The first-order valence-corrected chi connectivity index (χ1v) is 7.73. The zero-order chi connectivity index (χ0) is 14.5. The average Bonchev–Trinajstić information content (AvgIpc) is 2.77. The third-order valence-corrected chi connectivity index (χ3v) is 4.42. The van der Waals surface area contributed by atoms with Crippen molar-refractivity contribution in [1.82, 2.24) is 10.2 Å². The van der Waals surface area contributed by atoms with Crippen molar-refractivity contribution in [3.8, 4) is 0 Å². The third kappa shape index (κ3) is 3.52. The fourth-order valence-electron chi connectivity index (χ4n) is 2.96. The van der Waals surface area contributed by atoms with E-state index >= 15 is 0 Å². The lowest BCUT2D eigenvalue weighted by Crippen LogP contribution is -2.27. The van der Waals surface area contributed by atoms with Gasteiger partial charge in [0.2, 0.25) is 5.91 Å². The summed E-state index contributed by atoms with van der Waals surface area (Å²) in [4.78, 5) is 12.2. The minimum absolute atomic E-state index is 0.0668. The van der Waals surface area contributed by atoms with Crippen LogP contribution in [-0.2, 0) is 4.79 Å². The van der Waals surface area contributed by atoms with E-state index in [-0.39, 0.29) is 11.8 Å². The number of aromatic nitrogens is 2. The molecule has 0 bridgehead atoms. The van der Waals surface area contributed by atoms with Gasteiger partial charge in [0.25, 0.3) is 0 Å². The molecular weight excluding hydrogens is 252 g/mol. The normalized spacial score (nSPS) is 22.7. The molecule has 2 rings (SSSR count). The maximum absolute atomic E-state index is 12.2. The number of carbonyl (C=O) groups excluding carboxylic acids is 1. The van der Waals surface area contributed by atoms with Crippen LogP contribution in [0.4, 0.5) is 11.5 Å². The first kappa shape index (κ1) is 14.9. The number of nitrogens with two attached hydrogens (primary N) is 1. The van der Waals surface area contributed by atoms with Crippen LogP contribution in [0.1, 0.15) is 57.6 Å². The molecule has 1 aromatic rings. The first-order chi connectivity index (χ1) is 9.61. The van der Waals surface area contributed by atoms with Gasteiger partial charge in [-0.15, -0.1) is 0 Å². The van der Waals surface area contributed by atoms with Crippen molar-refractivity contribution >= 4 is 17.4 Å². The molecule has 1 amide bonds. The Morgan fingerprint density at radius 2 is 2.10 bits per heavy atom. The Morgan fingerprint density at radius 1 is 1.40 bits per heavy atom. The van der Waals surface area contributed by atoms with Crippen LogP contribution in [-0.4, -0.2) is 16.1 Å². The van der Waals surface area contributed by atoms with Gasteiger partial charge in [0.05, 0.1) is 11.4 Å². The van der Waals surface area contributed by atoms with Crippen LogP contribution in [0.15, 0.2) is 0 Å². The number of amides is 1. The van der Waals surface area contributed by atoms with Crippen molar-refractivity contribution in [1.29, 1.82) is 0 Å². The second-order valence-corrected chi connectivity index (χ2v) is 5.96. The number of rotatable bonds is 5. The van der Waals surface area contributed by atoms with Gasteiger partial charge in [-0.3, -0.25) is 9.89 Å². The lowest BCUT2D eigenvalue weighted by atomic mass is 9.79. The molecule has 1 saturated carbocycles. The van der Waals surface area contributed by atoms with Crippen molar-refractivity contribution in [2.75, 3.05) is 11.1 Å². The minimum atomic E-state index is 0.0668. The summed E-state index contributed by atoms with van der Waals surface area (Å²) in [5.74, 6) is 1.47. The van der Waals surface area contributed by atoms with Crippen LogP contribution < -0.4 is 11.1 Å². The SMILES string of the molecule is CCCCC1CCC(C(=O)Nc2n[nH]c(C)c2N)CC1. The number of aryl methyl sites for hydroxylation is 1. The smallest absolute Gasteiger partial charge is 0.228 e. The van der Waals surface area contributed by atoms with Gasteiger partial charge in [0.1, 0.15) is 0 Å². The number of unbranched alkanes of at least 4 members (excludes halogenated alkanes) is 1. The number of aromatic amines is 1. The van der Waals surface area contributed by atoms with E-state index in [1.807, 2.05) is 6.92 Å². The molecule has 0 saturated heterocycles. The molecule has 5 nitrogen and oxygen atoms in total. The van der Waals surface area contributed by atoms with Crippen LogP contribution in [0.5, 0.6) is 0 Å². The zero-order valence-corrected chi connectivity index (χ0v) is 12.5. The van der Waals surface area contributed by atoms with Gasteiger partial charge < -0.3 is 11.1 Å². The molecule has 112 valence electrons. The number of hydrogen-bond donors (Lipinski definition) is 3. The molecule has 5 heteroatoms. The zero-order valence-electron chi connectivity index (χ0n) is 12.5. The molecule has 0 spiro atoms. The van der Waals surface area contributed by atoms with Crippen LogP contribution in [0, 0.1) is 18.8 Å². The van der Waals surface area contributed by atoms with Gasteiger partial charge in [0, 0.05) is 5.92 Å². The summed E-state index contributed by atoms with van der Waals surface area (Å²) in [6.45, 7) is 4.08. The second kappa shape index (κ2) is 6.77. The van der Waals surface area contributed by atoms with E-state index in [0.29, 0.717) is 11.5 Å². The van der Waals surface area contributed by atoms with E-state index < -0.39 is 0 Å². The van der Waals surface area contributed by atoms with Gasteiger partial charge in [-0.2, -0.15) is 5.10 Å². The Hall–Kier alpha value is -1.52. The number of anilines is 2. The molecular formula is C15H26N4O. The summed E-state index contributed by atoms with van der Waals surface area (Å²) in [6.07, 6.45) is 8.21. The van der Waals surface area contributed by atoms with Crippen molar-refractivity contribution in [2.45, 2.75) is 58.8 Å².